The SMILES string of the molecule is CCCCC(C)CC(C)CC1(C)CCC(COC(=O)C2CCCCC2C(=O)OCC2CCC(C)(CC(C)CC(C)CCCC)CC2C)C(C)C1. The molecule has 12 unspecified atom stereocenters. The molecule has 0 radical (unpaired) electrons. The van der Waals surface area contributed by atoms with Crippen LogP contribution in [-0.2, 0) is 19.1 Å². The molecule has 50 heavy (non-hydrogen) atoms. The van der Waals surface area contributed by atoms with Crippen LogP contribution in [0, 0.1) is 70.0 Å². The first-order valence-corrected chi connectivity index (χ1v) is 22.0. The Labute approximate surface area is 311 Å². The summed E-state index contributed by atoms with van der Waals surface area (Å²) in [7, 11) is 0. The van der Waals surface area contributed by atoms with Crippen molar-refractivity contribution in [3.63, 3.8) is 0 Å². The molecule has 0 saturated heterocycles. The molecular formula is C46H84O4. The fraction of sp³-hybridized carbons (Fsp3) is 0.957. The predicted octanol–water partition coefficient (Wildman–Crippen LogP) is 13.2. The van der Waals surface area contributed by atoms with Gasteiger partial charge in [0, 0.05) is 0 Å². The lowest BCUT2D eigenvalue weighted by atomic mass is 9.63. The van der Waals surface area contributed by atoms with Crippen LogP contribution in [0.25, 0.3) is 0 Å². The van der Waals surface area contributed by atoms with Gasteiger partial charge in [-0.15, -0.1) is 0 Å². The number of rotatable bonds is 20. The van der Waals surface area contributed by atoms with Gasteiger partial charge in [-0.1, -0.05) is 121 Å². The second kappa shape index (κ2) is 21.0. The number of carbonyl (C=O) groups is 2. The lowest BCUT2D eigenvalue weighted by Gasteiger charge is -2.43. The third kappa shape index (κ3) is 14.1. The first-order chi connectivity index (χ1) is 23.7. The maximum Gasteiger partial charge on any atom is 0.309 e. The number of hydrogen-bond acceptors (Lipinski definition) is 4. The first kappa shape index (κ1) is 43.3. The second-order valence-electron chi connectivity index (χ2n) is 19.9. The molecule has 0 aliphatic heterocycles. The highest BCUT2D eigenvalue weighted by Gasteiger charge is 2.42. The first-order valence-electron chi connectivity index (χ1n) is 22.0. The lowest BCUT2D eigenvalue weighted by Crippen LogP contribution is -2.39. The Hall–Kier alpha value is -1.06. The maximum absolute atomic E-state index is 13.5. The summed E-state index contributed by atoms with van der Waals surface area (Å²) < 4.78 is 12.1. The van der Waals surface area contributed by atoms with Crippen molar-refractivity contribution in [2.45, 2.75) is 198 Å². The summed E-state index contributed by atoms with van der Waals surface area (Å²) >= 11 is 0. The van der Waals surface area contributed by atoms with Crippen molar-refractivity contribution in [1.29, 1.82) is 0 Å². The summed E-state index contributed by atoms with van der Waals surface area (Å²) in [6.45, 7) is 25.1. The molecule has 0 aromatic heterocycles. The molecule has 4 heteroatoms. The molecule has 4 nitrogen and oxygen atoms in total. The zero-order valence-corrected chi connectivity index (χ0v) is 35.0. The molecule has 0 spiro atoms. The molecule has 0 amide bonds. The number of hydrogen-bond donors (Lipinski definition) is 0. The Morgan fingerprint density at radius 1 is 0.620 bits per heavy atom. The molecule has 0 aromatic rings. The number of ether oxygens (including phenoxy) is 2. The van der Waals surface area contributed by atoms with Crippen molar-refractivity contribution in [3.8, 4) is 0 Å². The Morgan fingerprint density at radius 2 is 1.00 bits per heavy atom. The van der Waals surface area contributed by atoms with Gasteiger partial charge in [-0.05, 0) is 135 Å². The summed E-state index contributed by atoms with van der Waals surface area (Å²) in [5.74, 6) is 4.13. The van der Waals surface area contributed by atoms with Crippen LogP contribution in [0.2, 0.25) is 0 Å². The average molecular weight is 701 g/mol. The molecule has 12 atom stereocenters. The van der Waals surface area contributed by atoms with Crippen LogP contribution < -0.4 is 0 Å². The van der Waals surface area contributed by atoms with Gasteiger partial charge in [0.2, 0.25) is 0 Å². The largest absolute Gasteiger partial charge is 0.465 e. The summed E-state index contributed by atoms with van der Waals surface area (Å²) in [6.07, 6.45) is 23.9. The minimum Gasteiger partial charge on any atom is -0.465 e. The van der Waals surface area contributed by atoms with Gasteiger partial charge in [0.15, 0.2) is 0 Å². The molecule has 0 aromatic carbocycles. The molecule has 3 aliphatic rings. The van der Waals surface area contributed by atoms with E-state index >= 15 is 0 Å². The topological polar surface area (TPSA) is 52.6 Å². The van der Waals surface area contributed by atoms with Crippen molar-refractivity contribution in [2.24, 2.45) is 70.0 Å². The van der Waals surface area contributed by atoms with Crippen LogP contribution in [0.5, 0.6) is 0 Å². The van der Waals surface area contributed by atoms with Gasteiger partial charge < -0.3 is 9.47 Å². The minimum absolute atomic E-state index is 0.151. The zero-order valence-electron chi connectivity index (χ0n) is 35.0. The fourth-order valence-electron chi connectivity index (χ4n) is 11.4. The summed E-state index contributed by atoms with van der Waals surface area (Å²) in [6, 6.07) is 0. The highest BCUT2D eigenvalue weighted by atomic mass is 16.5. The molecule has 3 saturated carbocycles. The number of unbranched alkanes of at least 4 members (excludes halogenated alkanes) is 2. The molecular weight excluding hydrogens is 617 g/mol. The Kier molecular flexibility index (Phi) is 18.2. The standard InChI is InChI=1S/C46H84O4/c1-11-13-17-33(3)25-35(5)27-45(9)23-21-39(37(7)29-45)31-49-43(47)41-19-15-16-20-42(41)44(48)50-32-40-22-24-46(10,30-38(40)8)28-36(6)26-34(4)18-14-12-2/h33-42H,11-32H2,1-10H3. The van der Waals surface area contributed by atoms with Gasteiger partial charge in [-0.2, -0.15) is 0 Å². The van der Waals surface area contributed by atoms with E-state index in [0.717, 1.165) is 62.2 Å². The van der Waals surface area contributed by atoms with Crippen LogP contribution >= 0.6 is 0 Å². The van der Waals surface area contributed by atoms with Crippen molar-refractivity contribution >= 4 is 11.9 Å². The lowest BCUT2D eigenvalue weighted by molar-refractivity contribution is -0.165. The van der Waals surface area contributed by atoms with Gasteiger partial charge in [0.1, 0.15) is 0 Å². The van der Waals surface area contributed by atoms with Gasteiger partial charge >= 0.3 is 11.9 Å². The van der Waals surface area contributed by atoms with E-state index in [4.69, 9.17) is 9.47 Å². The van der Waals surface area contributed by atoms with E-state index in [1.165, 1.54) is 89.9 Å². The van der Waals surface area contributed by atoms with Crippen LogP contribution in [0.4, 0.5) is 0 Å². The Bertz CT molecular complexity index is 915. The highest BCUT2D eigenvalue weighted by molar-refractivity contribution is 5.82. The highest BCUT2D eigenvalue weighted by Crippen LogP contribution is 2.48. The van der Waals surface area contributed by atoms with E-state index in [-0.39, 0.29) is 23.8 Å². The van der Waals surface area contributed by atoms with Gasteiger partial charge in [0.25, 0.3) is 0 Å². The van der Waals surface area contributed by atoms with E-state index in [2.05, 4.69) is 69.2 Å². The van der Waals surface area contributed by atoms with E-state index in [9.17, 15) is 9.59 Å². The molecule has 292 valence electrons. The van der Waals surface area contributed by atoms with Crippen LogP contribution in [0.3, 0.4) is 0 Å². The van der Waals surface area contributed by atoms with Crippen molar-refractivity contribution < 1.29 is 19.1 Å². The zero-order chi connectivity index (χ0) is 36.9. The molecule has 3 aliphatic carbocycles. The summed E-state index contributed by atoms with van der Waals surface area (Å²) in [5, 5.41) is 0. The van der Waals surface area contributed by atoms with E-state index in [1.807, 2.05) is 0 Å². The predicted molar refractivity (Wildman–Crippen MR) is 211 cm³/mol. The van der Waals surface area contributed by atoms with Gasteiger partial charge in [-0.3, -0.25) is 9.59 Å². The Morgan fingerprint density at radius 3 is 1.34 bits per heavy atom. The molecule has 0 heterocycles. The number of carbonyl (C=O) groups excluding carboxylic acids is 2. The molecule has 0 N–H and O–H groups in total. The molecule has 3 rings (SSSR count). The Balaban J connectivity index is 1.42. The quantitative estimate of drug-likeness (QED) is 0.119. The molecule has 3 fully saturated rings. The monoisotopic (exact) mass is 701 g/mol. The molecule has 0 bridgehead atoms. The normalized spacial score (nSPS) is 34.4. The van der Waals surface area contributed by atoms with Gasteiger partial charge in [0.05, 0.1) is 25.0 Å². The number of esters is 2. The average Bonchev–Trinajstić information content (AvgIpc) is 3.04. The van der Waals surface area contributed by atoms with Gasteiger partial charge in [-0.25, -0.2) is 0 Å². The fourth-order valence-corrected chi connectivity index (χ4v) is 11.4. The third-order valence-electron chi connectivity index (χ3n) is 14.1. The van der Waals surface area contributed by atoms with Crippen molar-refractivity contribution in [2.75, 3.05) is 13.2 Å². The summed E-state index contributed by atoms with van der Waals surface area (Å²) in [4.78, 5) is 27.0. The van der Waals surface area contributed by atoms with Crippen molar-refractivity contribution in [3.05, 3.63) is 0 Å². The summed E-state index contributed by atoms with van der Waals surface area (Å²) in [5.41, 5.74) is 0.781. The van der Waals surface area contributed by atoms with Crippen molar-refractivity contribution in [1.82, 2.24) is 0 Å². The van der Waals surface area contributed by atoms with Crippen LogP contribution in [0.15, 0.2) is 0 Å². The second-order valence-corrected chi connectivity index (χ2v) is 19.9. The minimum atomic E-state index is -0.343. The van der Waals surface area contributed by atoms with E-state index in [0.29, 0.717) is 47.7 Å². The van der Waals surface area contributed by atoms with Crippen LogP contribution in [0.1, 0.15) is 198 Å². The van der Waals surface area contributed by atoms with E-state index in [1.54, 1.807) is 0 Å². The smallest absolute Gasteiger partial charge is 0.309 e. The third-order valence-corrected chi connectivity index (χ3v) is 14.1. The van der Waals surface area contributed by atoms with E-state index < -0.39 is 0 Å². The van der Waals surface area contributed by atoms with Crippen LogP contribution in [-0.4, -0.2) is 25.2 Å². The maximum atomic E-state index is 13.5.